The molecule has 0 radical (unpaired) electrons. The van der Waals surface area contributed by atoms with Crippen LogP contribution in [0.4, 0.5) is 0 Å². The number of imide groups is 1. The summed E-state index contributed by atoms with van der Waals surface area (Å²) in [5, 5.41) is 0. The molecule has 4 atom stereocenters. The van der Waals surface area contributed by atoms with Crippen LogP contribution in [0, 0.1) is 18.8 Å². The number of carbonyl (C=O) groups excluding carboxylic acids is 4. The van der Waals surface area contributed by atoms with Crippen LogP contribution in [0.3, 0.4) is 0 Å². The van der Waals surface area contributed by atoms with Gasteiger partial charge in [-0.2, -0.15) is 0 Å². The molecule has 198 valence electrons. The Kier molecular flexibility index (Phi) is 5.79. The van der Waals surface area contributed by atoms with Gasteiger partial charge in [0.1, 0.15) is 15.8 Å². The lowest BCUT2D eigenvalue weighted by Crippen LogP contribution is -2.57. The first-order chi connectivity index (χ1) is 18.5. The molecule has 1 heterocycles. The Morgan fingerprint density at radius 1 is 0.769 bits per heavy atom. The Morgan fingerprint density at radius 3 is 1.59 bits per heavy atom. The summed E-state index contributed by atoms with van der Waals surface area (Å²) in [6.45, 7) is 4.79. The molecule has 0 saturated carbocycles. The van der Waals surface area contributed by atoms with Gasteiger partial charge < -0.3 is 4.74 Å². The van der Waals surface area contributed by atoms with E-state index in [0.29, 0.717) is 27.8 Å². The summed E-state index contributed by atoms with van der Waals surface area (Å²) in [6, 6.07) is 20.3. The van der Waals surface area contributed by atoms with Gasteiger partial charge in [-0.15, -0.1) is 23.2 Å². The minimum atomic E-state index is -1.34. The molecule has 3 aliphatic carbocycles. The van der Waals surface area contributed by atoms with Crippen molar-refractivity contribution in [1.29, 1.82) is 0 Å². The number of likely N-dealkylation sites (tertiary alicyclic amines) is 1. The summed E-state index contributed by atoms with van der Waals surface area (Å²) in [4.78, 5) is 52.3. The Balaban J connectivity index is 1.34. The van der Waals surface area contributed by atoms with Crippen LogP contribution in [0.1, 0.15) is 52.0 Å². The van der Waals surface area contributed by atoms with Crippen molar-refractivity contribution >= 4 is 46.8 Å². The van der Waals surface area contributed by atoms with Gasteiger partial charge in [0.15, 0.2) is 6.10 Å². The van der Waals surface area contributed by atoms with Gasteiger partial charge in [0.05, 0.1) is 11.8 Å². The summed E-state index contributed by atoms with van der Waals surface area (Å²) >= 11 is 14.8. The van der Waals surface area contributed by atoms with Crippen LogP contribution < -0.4 is 0 Å². The lowest BCUT2D eigenvalue weighted by molar-refractivity contribution is -0.159. The van der Waals surface area contributed by atoms with E-state index in [4.69, 9.17) is 27.9 Å². The number of carbonyl (C=O) groups is 4. The van der Waals surface area contributed by atoms with Crippen molar-refractivity contribution in [3.8, 4) is 0 Å². The normalized spacial score (nSPS) is 27.9. The highest BCUT2D eigenvalue weighted by atomic mass is 35.5. The number of esters is 1. The second-order valence-electron chi connectivity index (χ2n) is 10.5. The highest BCUT2D eigenvalue weighted by Gasteiger charge is 2.73. The monoisotopic (exact) mass is 561 g/mol. The van der Waals surface area contributed by atoms with Gasteiger partial charge in [0.25, 0.3) is 0 Å². The van der Waals surface area contributed by atoms with E-state index in [0.717, 1.165) is 10.5 Å². The van der Waals surface area contributed by atoms with E-state index in [-0.39, 0.29) is 5.78 Å². The molecular formula is C31H25Cl2NO5. The number of hydrogen-bond acceptors (Lipinski definition) is 5. The zero-order chi connectivity index (χ0) is 27.9. The SMILES string of the molecule is Cc1ccc(C(=O)[C@H](C)OC(=O)[C@@H](C)N2C(=O)[C@@H]3[C@H](C2=O)C2(Cl)c4ccccc4C3(Cl)c3ccccc32)cc1. The summed E-state index contributed by atoms with van der Waals surface area (Å²) in [7, 11) is 0. The van der Waals surface area contributed by atoms with Crippen molar-refractivity contribution in [2.75, 3.05) is 0 Å². The van der Waals surface area contributed by atoms with Crippen molar-refractivity contribution in [3.05, 3.63) is 106 Å². The fourth-order valence-electron chi connectivity index (χ4n) is 6.45. The molecule has 8 heteroatoms. The third-order valence-corrected chi connectivity index (χ3v) is 9.63. The quantitative estimate of drug-likeness (QED) is 0.187. The third-order valence-electron chi connectivity index (χ3n) is 8.35. The molecule has 2 bridgehead atoms. The lowest BCUT2D eigenvalue weighted by Gasteiger charge is -2.54. The van der Waals surface area contributed by atoms with Crippen LogP contribution in [0.25, 0.3) is 0 Å². The Bertz CT molecular complexity index is 1440. The second kappa shape index (κ2) is 8.77. The highest BCUT2D eigenvalue weighted by molar-refractivity contribution is 6.36. The largest absolute Gasteiger partial charge is 0.453 e. The standard InChI is InChI=1S/C31H25Cl2NO5/c1-16-12-14-19(15-13-16)26(35)18(3)39-29(38)17(2)34-27(36)24-25(28(34)37)31(33)21-9-5-4-8-20(21)30(24,32)22-10-6-7-11-23(22)31/h4-15,17-18,24-25H,1-3H3/t17-,18+,24-,25+,30?,31?/m1/s1. The number of Topliss-reactive ketones (excluding diaryl/α,β-unsaturated/α-hetero) is 1. The number of halogens is 2. The van der Waals surface area contributed by atoms with Crippen LogP contribution in [0.5, 0.6) is 0 Å². The predicted octanol–water partition coefficient (Wildman–Crippen LogP) is 5.09. The number of nitrogens with zero attached hydrogens (tertiary/aromatic N) is 1. The van der Waals surface area contributed by atoms with E-state index < -0.39 is 51.5 Å². The number of ether oxygens (including phenoxy) is 1. The molecule has 0 aromatic heterocycles. The smallest absolute Gasteiger partial charge is 0.329 e. The van der Waals surface area contributed by atoms with E-state index in [9.17, 15) is 19.2 Å². The van der Waals surface area contributed by atoms with Gasteiger partial charge in [0, 0.05) is 5.56 Å². The Morgan fingerprint density at radius 2 is 1.18 bits per heavy atom. The maximum Gasteiger partial charge on any atom is 0.329 e. The summed E-state index contributed by atoms with van der Waals surface area (Å²) < 4.78 is 5.46. The number of amides is 2. The Labute approximate surface area is 235 Å². The summed E-state index contributed by atoms with van der Waals surface area (Å²) in [5.41, 5.74) is 4.10. The van der Waals surface area contributed by atoms with Crippen molar-refractivity contribution in [1.82, 2.24) is 4.90 Å². The minimum absolute atomic E-state index is 0.383. The van der Waals surface area contributed by atoms with Gasteiger partial charge in [-0.25, -0.2) is 4.79 Å². The summed E-state index contributed by atoms with van der Waals surface area (Å²) in [6.07, 6.45) is -1.11. The molecule has 0 spiro atoms. The molecule has 1 aliphatic heterocycles. The average molecular weight is 562 g/mol. The first-order valence-corrected chi connectivity index (χ1v) is 13.5. The zero-order valence-electron chi connectivity index (χ0n) is 21.5. The number of ketones is 1. The molecule has 3 aromatic carbocycles. The number of alkyl halides is 2. The predicted molar refractivity (Wildman–Crippen MR) is 146 cm³/mol. The molecule has 2 amide bonds. The van der Waals surface area contributed by atoms with Gasteiger partial charge in [0.2, 0.25) is 17.6 Å². The molecule has 0 N–H and O–H groups in total. The second-order valence-corrected chi connectivity index (χ2v) is 11.7. The molecule has 0 unspecified atom stereocenters. The fraction of sp³-hybridized carbons (Fsp3) is 0.290. The van der Waals surface area contributed by atoms with Crippen LogP contribution in [0.15, 0.2) is 72.8 Å². The van der Waals surface area contributed by atoms with Gasteiger partial charge in [-0.05, 0) is 43.0 Å². The fourth-order valence-corrected chi connectivity index (χ4v) is 7.55. The topological polar surface area (TPSA) is 80.8 Å². The molecular weight excluding hydrogens is 537 g/mol. The first kappa shape index (κ1) is 25.8. The number of benzene rings is 3. The van der Waals surface area contributed by atoms with E-state index in [1.54, 1.807) is 24.3 Å². The molecule has 1 fully saturated rings. The van der Waals surface area contributed by atoms with Crippen LogP contribution in [-0.2, 0) is 28.9 Å². The summed E-state index contributed by atoms with van der Waals surface area (Å²) in [5.74, 6) is -4.46. The molecule has 4 aliphatic rings. The molecule has 7 rings (SSSR count). The van der Waals surface area contributed by atoms with Crippen molar-refractivity contribution in [2.45, 2.75) is 42.7 Å². The van der Waals surface area contributed by atoms with Crippen molar-refractivity contribution in [2.24, 2.45) is 11.8 Å². The highest BCUT2D eigenvalue weighted by Crippen LogP contribution is 2.69. The number of aryl methyl sites for hydroxylation is 1. The van der Waals surface area contributed by atoms with Crippen molar-refractivity contribution in [3.63, 3.8) is 0 Å². The number of rotatable bonds is 5. The van der Waals surface area contributed by atoms with E-state index >= 15 is 0 Å². The first-order valence-electron chi connectivity index (χ1n) is 12.8. The van der Waals surface area contributed by atoms with E-state index in [1.807, 2.05) is 55.5 Å². The average Bonchev–Trinajstić information content (AvgIpc) is 3.22. The van der Waals surface area contributed by atoms with Gasteiger partial charge in [-0.1, -0.05) is 78.4 Å². The molecule has 39 heavy (non-hydrogen) atoms. The zero-order valence-corrected chi connectivity index (χ0v) is 23.0. The van der Waals surface area contributed by atoms with E-state index in [2.05, 4.69) is 0 Å². The lowest BCUT2D eigenvalue weighted by atomic mass is 9.54. The maximum absolute atomic E-state index is 14.0. The van der Waals surface area contributed by atoms with Crippen molar-refractivity contribution < 1.29 is 23.9 Å². The van der Waals surface area contributed by atoms with Gasteiger partial charge in [-0.3, -0.25) is 19.3 Å². The van der Waals surface area contributed by atoms with Gasteiger partial charge >= 0.3 is 5.97 Å². The molecule has 1 saturated heterocycles. The van der Waals surface area contributed by atoms with E-state index in [1.165, 1.54) is 13.8 Å². The maximum atomic E-state index is 14.0. The van der Waals surface area contributed by atoms with Crippen LogP contribution in [-0.4, -0.2) is 40.6 Å². The number of hydrogen-bond donors (Lipinski definition) is 0. The molecule has 6 nitrogen and oxygen atoms in total. The molecule has 3 aromatic rings. The third kappa shape index (κ3) is 3.34. The van der Waals surface area contributed by atoms with Crippen LogP contribution in [0.2, 0.25) is 0 Å². The minimum Gasteiger partial charge on any atom is -0.453 e. The Hall–Kier alpha value is -3.48. The van der Waals surface area contributed by atoms with Crippen LogP contribution >= 0.6 is 23.2 Å².